The molecule has 0 bridgehead atoms. The third kappa shape index (κ3) is 5.91. The van der Waals surface area contributed by atoms with Crippen LogP contribution in [-0.4, -0.2) is 48.0 Å². The Kier molecular flexibility index (Phi) is 7.06. The zero-order valence-corrected chi connectivity index (χ0v) is 19.3. The minimum atomic E-state index is -1.14. The van der Waals surface area contributed by atoms with Gasteiger partial charge in [0.15, 0.2) is 0 Å². The van der Waals surface area contributed by atoms with Crippen LogP contribution in [0.15, 0.2) is 48.5 Å². The average molecular weight is 453 g/mol. The smallest absolute Gasteiger partial charge is 0.408 e. The molecule has 0 fully saturated rings. The highest BCUT2D eigenvalue weighted by molar-refractivity contribution is 5.85. The summed E-state index contributed by atoms with van der Waals surface area (Å²) in [6.07, 6.45) is -0.667. The molecular formula is C25H28N2O6. The van der Waals surface area contributed by atoms with Crippen molar-refractivity contribution in [2.24, 2.45) is 0 Å². The average Bonchev–Trinajstić information content (AvgIpc) is 2.76. The number of aliphatic carboxylic acids is 1. The van der Waals surface area contributed by atoms with Crippen LogP contribution in [0, 0.1) is 0 Å². The zero-order valence-electron chi connectivity index (χ0n) is 19.3. The van der Waals surface area contributed by atoms with Gasteiger partial charge in [0, 0.05) is 11.8 Å². The number of ether oxygens (including phenoxy) is 3. The number of hydrogen-bond donors (Lipinski definition) is 2. The molecule has 1 atom stereocenters. The van der Waals surface area contributed by atoms with E-state index in [0.29, 0.717) is 17.2 Å². The Hall–Kier alpha value is -3.81. The highest BCUT2D eigenvalue weighted by atomic mass is 16.6. The van der Waals surface area contributed by atoms with Gasteiger partial charge >= 0.3 is 12.1 Å². The topological polar surface area (TPSA) is 107 Å². The standard InChI is InChI=1S/C25H28N2O6/c1-25(2,3)33-24(30)27-19(23(28)29)14-15-9-11-17-16(13-15)10-12-18(26-17)22-20(31-4)7-6-8-21(22)32-5/h6-13,19H,14H2,1-5H3,(H,27,30)(H,28,29). The molecule has 8 nitrogen and oxygen atoms in total. The second-order valence-electron chi connectivity index (χ2n) is 8.50. The van der Waals surface area contributed by atoms with Crippen LogP contribution in [0.25, 0.3) is 22.2 Å². The summed E-state index contributed by atoms with van der Waals surface area (Å²) < 4.78 is 16.1. The maximum atomic E-state index is 12.0. The molecule has 0 aliphatic carbocycles. The van der Waals surface area contributed by atoms with Gasteiger partial charge < -0.3 is 24.6 Å². The summed E-state index contributed by atoms with van der Waals surface area (Å²) >= 11 is 0. The molecule has 8 heteroatoms. The van der Waals surface area contributed by atoms with Crippen LogP contribution >= 0.6 is 0 Å². The van der Waals surface area contributed by atoms with E-state index in [1.54, 1.807) is 41.1 Å². The van der Waals surface area contributed by atoms with Crippen LogP contribution in [0.3, 0.4) is 0 Å². The number of methoxy groups -OCH3 is 2. The van der Waals surface area contributed by atoms with Gasteiger partial charge in [-0.2, -0.15) is 0 Å². The fourth-order valence-corrected chi connectivity index (χ4v) is 3.43. The van der Waals surface area contributed by atoms with Crippen molar-refractivity contribution in [2.75, 3.05) is 14.2 Å². The number of nitrogens with one attached hydrogen (secondary N) is 1. The third-order valence-corrected chi connectivity index (χ3v) is 4.87. The minimum absolute atomic E-state index is 0.104. The number of pyridine rings is 1. The number of fused-ring (bicyclic) bond motifs is 1. The van der Waals surface area contributed by atoms with E-state index in [2.05, 4.69) is 5.32 Å². The summed E-state index contributed by atoms with van der Waals surface area (Å²) in [5.41, 5.74) is 2.20. The predicted molar refractivity (Wildman–Crippen MR) is 125 cm³/mol. The lowest BCUT2D eigenvalue weighted by Gasteiger charge is -2.22. The normalized spacial score (nSPS) is 12.2. The number of amides is 1. The van der Waals surface area contributed by atoms with E-state index >= 15 is 0 Å². The van der Waals surface area contributed by atoms with E-state index in [1.165, 1.54) is 0 Å². The van der Waals surface area contributed by atoms with Crippen molar-refractivity contribution < 1.29 is 28.9 Å². The summed E-state index contributed by atoms with van der Waals surface area (Å²) in [6, 6.07) is 13.7. The molecule has 1 unspecified atom stereocenters. The van der Waals surface area contributed by atoms with Gasteiger partial charge in [-0.25, -0.2) is 14.6 Å². The fourth-order valence-electron chi connectivity index (χ4n) is 3.43. The molecule has 0 saturated heterocycles. The number of aromatic nitrogens is 1. The zero-order chi connectivity index (χ0) is 24.2. The van der Waals surface area contributed by atoms with Crippen molar-refractivity contribution >= 4 is 23.0 Å². The second kappa shape index (κ2) is 9.77. The van der Waals surface area contributed by atoms with Crippen LogP contribution in [-0.2, 0) is 16.0 Å². The fraction of sp³-hybridized carbons (Fsp3) is 0.320. The lowest BCUT2D eigenvalue weighted by atomic mass is 10.0. The summed E-state index contributed by atoms with van der Waals surface area (Å²) in [5, 5.41) is 12.8. The molecule has 174 valence electrons. The largest absolute Gasteiger partial charge is 0.496 e. The SMILES string of the molecule is COc1cccc(OC)c1-c1ccc2cc(CC(NC(=O)OC(C)(C)C)C(=O)O)ccc2n1. The number of carbonyl (C=O) groups excluding carboxylic acids is 1. The number of rotatable bonds is 7. The van der Waals surface area contributed by atoms with Gasteiger partial charge in [0.05, 0.1) is 31.0 Å². The monoisotopic (exact) mass is 452 g/mol. The summed E-state index contributed by atoms with van der Waals surface area (Å²) in [6.45, 7) is 5.15. The van der Waals surface area contributed by atoms with Gasteiger partial charge in [-0.05, 0) is 56.7 Å². The summed E-state index contributed by atoms with van der Waals surface area (Å²) in [7, 11) is 3.19. The maximum Gasteiger partial charge on any atom is 0.408 e. The van der Waals surface area contributed by atoms with Gasteiger partial charge in [-0.15, -0.1) is 0 Å². The molecule has 0 aliphatic rings. The maximum absolute atomic E-state index is 12.0. The van der Waals surface area contributed by atoms with Gasteiger partial charge in [0.2, 0.25) is 0 Å². The van der Waals surface area contributed by atoms with E-state index in [4.69, 9.17) is 19.2 Å². The molecule has 2 aromatic carbocycles. The number of benzene rings is 2. The number of nitrogens with zero attached hydrogens (tertiary/aromatic N) is 1. The van der Waals surface area contributed by atoms with E-state index in [1.807, 2.05) is 42.5 Å². The predicted octanol–water partition coefficient (Wildman–Crippen LogP) is 4.44. The molecule has 0 aliphatic heterocycles. The Labute approximate surface area is 192 Å². The molecule has 1 aromatic heterocycles. The third-order valence-electron chi connectivity index (χ3n) is 4.87. The molecule has 3 rings (SSSR count). The Morgan fingerprint density at radius 3 is 2.27 bits per heavy atom. The second-order valence-corrected chi connectivity index (χ2v) is 8.50. The van der Waals surface area contributed by atoms with Crippen molar-refractivity contribution in [1.82, 2.24) is 10.3 Å². The van der Waals surface area contributed by atoms with Crippen molar-refractivity contribution in [1.29, 1.82) is 0 Å². The highest BCUT2D eigenvalue weighted by Gasteiger charge is 2.24. The molecule has 3 aromatic rings. The van der Waals surface area contributed by atoms with Crippen molar-refractivity contribution in [3.8, 4) is 22.8 Å². The van der Waals surface area contributed by atoms with E-state index in [0.717, 1.165) is 22.0 Å². The first-order chi connectivity index (χ1) is 15.6. The van der Waals surface area contributed by atoms with Crippen molar-refractivity contribution in [3.63, 3.8) is 0 Å². The molecule has 1 heterocycles. The van der Waals surface area contributed by atoms with Gasteiger partial charge in [0.25, 0.3) is 0 Å². The molecule has 33 heavy (non-hydrogen) atoms. The van der Waals surface area contributed by atoms with Gasteiger partial charge in [-0.3, -0.25) is 0 Å². The van der Waals surface area contributed by atoms with E-state index in [9.17, 15) is 14.7 Å². The molecule has 0 saturated carbocycles. The number of carboxylic acids is 1. The van der Waals surface area contributed by atoms with Crippen LogP contribution < -0.4 is 14.8 Å². The van der Waals surface area contributed by atoms with Crippen molar-refractivity contribution in [2.45, 2.75) is 38.8 Å². The molecule has 2 N–H and O–H groups in total. The van der Waals surface area contributed by atoms with Crippen LogP contribution in [0.2, 0.25) is 0 Å². The van der Waals surface area contributed by atoms with Crippen molar-refractivity contribution in [3.05, 3.63) is 54.1 Å². The Balaban J connectivity index is 1.87. The molecular weight excluding hydrogens is 424 g/mol. The lowest BCUT2D eigenvalue weighted by Crippen LogP contribution is -2.44. The van der Waals surface area contributed by atoms with E-state index in [-0.39, 0.29) is 6.42 Å². The number of carboxylic acid groups (broad SMARTS) is 1. The van der Waals surface area contributed by atoms with Gasteiger partial charge in [-0.1, -0.05) is 18.2 Å². The summed E-state index contributed by atoms with van der Waals surface area (Å²) in [4.78, 5) is 28.5. The Morgan fingerprint density at radius 1 is 1.03 bits per heavy atom. The Bertz CT molecular complexity index is 1150. The molecule has 0 spiro atoms. The molecule has 0 radical (unpaired) electrons. The quantitative estimate of drug-likeness (QED) is 0.546. The Morgan fingerprint density at radius 2 is 1.70 bits per heavy atom. The number of alkyl carbamates (subject to hydrolysis) is 1. The van der Waals surface area contributed by atoms with Gasteiger partial charge in [0.1, 0.15) is 23.1 Å². The molecule has 1 amide bonds. The number of hydrogen-bond acceptors (Lipinski definition) is 6. The van der Waals surface area contributed by atoms with Crippen LogP contribution in [0.1, 0.15) is 26.3 Å². The number of carbonyl (C=O) groups is 2. The van der Waals surface area contributed by atoms with Crippen LogP contribution in [0.5, 0.6) is 11.5 Å². The summed E-state index contributed by atoms with van der Waals surface area (Å²) in [5.74, 6) is 0.156. The highest BCUT2D eigenvalue weighted by Crippen LogP contribution is 2.37. The first-order valence-corrected chi connectivity index (χ1v) is 10.4. The van der Waals surface area contributed by atoms with E-state index < -0.39 is 23.7 Å². The minimum Gasteiger partial charge on any atom is -0.496 e. The first kappa shape index (κ1) is 23.8. The lowest BCUT2D eigenvalue weighted by molar-refractivity contribution is -0.139. The first-order valence-electron chi connectivity index (χ1n) is 10.4. The van der Waals surface area contributed by atoms with Crippen LogP contribution in [0.4, 0.5) is 4.79 Å².